The average molecular weight is 265 g/mol. The number of carbonyl (C=O) groups excluding carboxylic acids is 1. The summed E-state index contributed by atoms with van der Waals surface area (Å²) >= 11 is 2.90. The van der Waals surface area contributed by atoms with Crippen LogP contribution in [0.5, 0.6) is 5.75 Å². The average Bonchev–Trinajstić information content (AvgIpc) is 2.08. The van der Waals surface area contributed by atoms with Crippen molar-refractivity contribution in [1.29, 1.82) is 0 Å². The van der Waals surface area contributed by atoms with E-state index in [0.29, 0.717) is 0 Å². The molecule has 2 nitrogen and oxygen atoms in total. The zero-order valence-electron chi connectivity index (χ0n) is 7.22. The van der Waals surface area contributed by atoms with Crippen LogP contribution in [-0.2, 0) is 0 Å². The molecule has 0 amide bonds. The highest BCUT2D eigenvalue weighted by atomic mass is 79.9. The minimum Gasteiger partial charge on any atom is -0.507 e. The van der Waals surface area contributed by atoms with Crippen molar-refractivity contribution in [3.63, 3.8) is 0 Å². The molecule has 5 heteroatoms. The van der Waals surface area contributed by atoms with Crippen molar-refractivity contribution in [2.24, 2.45) is 0 Å². The Kier molecular flexibility index (Phi) is 3.21. The number of carbonyl (C=O) groups is 1. The molecule has 0 aliphatic heterocycles. The molecule has 76 valence electrons. The first-order valence-electron chi connectivity index (χ1n) is 3.75. The second-order valence-electron chi connectivity index (χ2n) is 2.75. The quantitative estimate of drug-likeness (QED) is 0.833. The molecule has 0 radical (unpaired) electrons. The molecule has 1 N–H and O–H groups in total. The topological polar surface area (TPSA) is 37.3 Å². The molecule has 0 aromatic heterocycles. The fraction of sp³-hybridized carbons (Fsp3) is 0.222. The van der Waals surface area contributed by atoms with Crippen LogP contribution in [0.15, 0.2) is 16.6 Å². The normalized spacial score (nSPS) is 10.6. The van der Waals surface area contributed by atoms with E-state index in [2.05, 4.69) is 15.9 Å². The number of halogens is 3. The van der Waals surface area contributed by atoms with E-state index in [0.717, 1.165) is 12.1 Å². The van der Waals surface area contributed by atoms with Crippen molar-refractivity contribution in [3.05, 3.63) is 27.7 Å². The van der Waals surface area contributed by atoms with Crippen LogP contribution in [0.3, 0.4) is 0 Å². The van der Waals surface area contributed by atoms with E-state index < -0.39 is 12.2 Å². The molecule has 0 bridgehead atoms. The van der Waals surface area contributed by atoms with Crippen molar-refractivity contribution in [2.45, 2.75) is 13.3 Å². The van der Waals surface area contributed by atoms with Crippen LogP contribution < -0.4 is 0 Å². The maximum Gasteiger partial charge on any atom is 0.264 e. The standard InChI is InChI=1S/C9H7BrF2O2/c1-4(13)5-3-8(14)7(10)2-6(5)9(11)12/h2-3,9,14H,1H3. The van der Waals surface area contributed by atoms with E-state index in [1.165, 1.54) is 6.92 Å². The first kappa shape index (κ1) is 11.1. The van der Waals surface area contributed by atoms with Gasteiger partial charge in [0.25, 0.3) is 6.43 Å². The highest BCUT2D eigenvalue weighted by molar-refractivity contribution is 9.10. The molecular formula is C9H7BrF2O2. The zero-order chi connectivity index (χ0) is 10.9. The van der Waals surface area contributed by atoms with Gasteiger partial charge in [-0.15, -0.1) is 0 Å². The predicted octanol–water partition coefficient (Wildman–Crippen LogP) is 3.29. The third-order valence-electron chi connectivity index (χ3n) is 1.73. The second kappa shape index (κ2) is 4.04. The lowest BCUT2D eigenvalue weighted by atomic mass is 10.0. The van der Waals surface area contributed by atoms with Crippen LogP contribution >= 0.6 is 15.9 Å². The van der Waals surface area contributed by atoms with Crippen LogP contribution in [0, 0.1) is 0 Å². The number of benzene rings is 1. The number of rotatable bonds is 2. The molecule has 0 fully saturated rings. The minimum atomic E-state index is -2.73. The van der Waals surface area contributed by atoms with Gasteiger partial charge in [0.2, 0.25) is 0 Å². The molecule has 0 saturated carbocycles. The molecule has 1 aromatic carbocycles. The van der Waals surface area contributed by atoms with Crippen LogP contribution in [0.4, 0.5) is 8.78 Å². The van der Waals surface area contributed by atoms with Gasteiger partial charge in [-0.05, 0) is 35.0 Å². The number of Topliss-reactive ketones (excluding diaryl/α,β-unsaturated/α-hetero) is 1. The van der Waals surface area contributed by atoms with Crippen LogP contribution in [0.25, 0.3) is 0 Å². The number of alkyl halides is 2. The van der Waals surface area contributed by atoms with E-state index in [-0.39, 0.29) is 21.3 Å². The summed E-state index contributed by atoms with van der Waals surface area (Å²) in [4.78, 5) is 11.0. The Balaban J connectivity index is 3.39. The Morgan fingerprint density at radius 1 is 1.50 bits per heavy atom. The van der Waals surface area contributed by atoms with E-state index in [1.54, 1.807) is 0 Å². The molecule has 0 aliphatic rings. The molecule has 0 heterocycles. The first-order valence-corrected chi connectivity index (χ1v) is 4.54. The number of hydrogen-bond acceptors (Lipinski definition) is 2. The van der Waals surface area contributed by atoms with Gasteiger partial charge < -0.3 is 5.11 Å². The second-order valence-corrected chi connectivity index (χ2v) is 3.60. The van der Waals surface area contributed by atoms with Gasteiger partial charge in [0, 0.05) is 11.1 Å². The van der Waals surface area contributed by atoms with E-state index in [1.807, 2.05) is 0 Å². The highest BCUT2D eigenvalue weighted by Gasteiger charge is 2.18. The first-order chi connectivity index (χ1) is 6.43. The smallest absolute Gasteiger partial charge is 0.264 e. The number of phenols is 1. The molecule has 1 rings (SSSR count). The summed E-state index contributed by atoms with van der Waals surface area (Å²) < 4.78 is 25.0. The van der Waals surface area contributed by atoms with Crippen molar-refractivity contribution in [3.8, 4) is 5.75 Å². The van der Waals surface area contributed by atoms with Crippen molar-refractivity contribution in [2.75, 3.05) is 0 Å². The predicted molar refractivity (Wildman–Crippen MR) is 50.8 cm³/mol. The van der Waals surface area contributed by atoms with Gasteiger partial charge in [0.05, 0.1) is 4.47 Å². The number of hydrogen-bond donors (Lipinski definition) is 1. The minimum absolute atomic E-state index is 0.151. The van der Waals surface area contributed by atoms with Crippen molar-refractivity contribution >= 4 is 21.7 Å². The summed E-state index contributed by atoms with van der Waals surface area (Å²) in [7, 11) is 0. The number of phenolic OH excluding ortho intramolecular Hbond substituents is 1. The third kappa shape index (κ3) is 2.09. The Hall–Kier alpha value is -0.970. The largest absolute Gasteiger partial charge is 0.507 e. The molecule has 0 aliphatic carbocycles. The Labute approximate surface area is 87.7 Å². The molecular weight excluding hydrogens is 258 g/mol. The number of ketones is 1. The molecule has 0 spiro atoms. The van der Waals surface area contributed by atoms with Gasteiger partial charge in [-0.25, -0.2) is 8.78 Å². The fourth-order valence-corrected chi connectivity index (χ4v) is 1.42. The van der Waals surface area contributed by atoms with Gasteiger partial charge in [0.1, 0.15) is 5.75 Å². The monoisotopic (exact) mass is 264 g/mol. The lowest BCUT2D eigenvalue weighted by Gasteiger charge is -2.07. The van der Waals surface area contributed by atoms with Crippen LogP contribution in [0.2, 0.25) is 0 Å². The van der Waals surface area contributed by atoms with Crippen molar-refractivity contribution in [1.82, 2.24) is 0 Å². The van der Waals surface area contributed by atoms with E-state index in [9.17, 15) is 18.7 Å². The van der Waals surface area contributed by atoms with Gasteiger partial charge >= 0.3 is 0 Å². The Morgan fingerprint density at radius 3 is 2.50 bits per heavy atom. The van der Waals surface area contributed by atoms with E-state index in [4.69, 9.17) is 0 Å². The summed E-state index contributed by atoms with van der Waals surface area (Å²) in [5, 5.41) is 9.21. The lowest BCUT2D eigenvalue weighted by molar-refractivity contribution is 0.0998. The summed E-state index contributed by atoms with van der Waals surface area (Å²) in [5.41, 5.74) is -0.525. The highest BCUT2D eigenvalue weighted by Crippen LogP contribution is 2.32. The lowest BCUT2D eigenvalue weighted by Crippen LogP contribution is -2.00. The van der Waals surface area contributed by atoms with Crippen LogP contribution in [0.1, 0.15) is 29.3 Å². The maximum atomic E-state index is 12.4. The summed E-state index contributed by atoms with van der Waals surface area (Å²) in [5.74, 6) is -0.720. The van der Waals surface area contributed by atoms with Gasteiger partial charge in [-0.3, -0.25) is 4.79 Å². The SMILES string of the molecule is CC(=O)c1cc(O)c(Br)cc1C(F)F. The van der Waals surface area contributed by atoms with Crippen LogP contribution in [-0.4, -0.2) is 10.9 Å². The maximum absolute atomic E-state index is 12.4. The van der Waals surface area contributed by atoms with Gasteiger partial charge in [-0.1, -0.05) is 0 Å². The molecule has 0 atom stereocenters. The molecule has 0 unspecified atom stereocenters. The molecule has 0 saturated heterocycles. The summed E-state index contributed by atoms with van der Waals surface area (Å²) in [6, 6.07) is 2.09. The number of aromatic hydroxyl groups is 1. The molecule has 14 heavy (non-hydrogen) atoms. The fourth-order valence-electron chi connectivity index (χ4n) is 1.06. The summed E-state index contributed by atoms with van der Waals surface area (Å²) in [6.07, 6.45) is -2.73. The Morgan fingerprint density at radius 2 is 2.07 bits per heavy atom. The van der Waals surface area contributed by atoms with E-state index >= 15 is 0 Å². The van der Waals surface area contributed by atoms with Crippen molar-refractivity contribution < 1.29 is 18.7 Å². The third-order valence-corrected chi connectivity index (χ3v) is 2.37. The zero-order valence-corrected chi connectivity index (χ0v) is 8.81. The Bertz CT molecular complexity index is 377. The summed E-state index contributed by atoms with van der Waals surface area (Å²) in [6.45, 7) is 1.18. The van der Waals surface area contributed by atoms with Gasteiger partial charge in [0.15, 0.2) is 5.78 Å². The molecule has 1 aromatic rings. The van der Waals surface area contributed by atoms with Gasteiger partial charge in [-0.2, -0.15) is 0 Å².